The summed E-state index contributed by atoms with van der Waals surface area (Å²) in [6.07, 6.45) is -11.6. The number of carbonyl (C=O) groups excluding carboxylic acids is 4. The lowest BCUT2D eigenvalue weighted by Gasteiger charge is -2.35. The Morgan fingerprint density at radius 2 is 1.47 bits per heavy atom. The molecule has 0 radical (unpaired) electrons. The number of benzene rings is 2. The zero-order chi connectivity index (χ0) is 28.1. The second-order valence-electron chi connectivity index (χ2n) is 8.33. The summed E-state index contributed by atoms with van der Waals surface area (Å²) in [6, 6.07) is 13.9. The Balaban J connectivity index is 2.05. The largest absolute Gasteiger partial charge is 0.458 e. The molecule has 8 nitrogen and oxygen atoms in total. The summed E-state index contributed by atoms with van der Waals surface area (Å²) in [4.78, 5) is 49.1. The molecule has 2 aromatic rings. The zero-order valence-corrected chi connectivity index (χ0v) is 20.2. The first-order valence-electron chi connectivity index (χ1n) is 11.2. The van der Waals surface area contributed by atoms with E-state index in [9.17, 15) is 32.3 Å². The molecule has 4 atom stereocenters. The van der Waals surface area contributed by atoms with Crippen LogP contribution in [0.4, 0.5) is 17.6 Å². The van der Waals surface area contributed by atoms with Gasteiger partial charge in [0, 0.05) is 13.1 Å². The fraction of sp³-hybridized carbons (Fsp3) is 0.308. The Kier molecular flexibility index (Phi) is 8.67. The quantitative estimate of drug-likeness (QED) is 0.285. The van der Waals surface area contributed by atoms with Crippen LogP contribution in [0.25, 0.3) is 0 Å². The molecule has 1 heterocycles. The number of allylic oxidation sites excluding steroid dienone is 1. The minimum Gasteiger partial charge on any atom is -0.458 e. The summed E-state index contributed by atoms with van der Waals surface area (Å²) in [5.74, 6) is -4.04. The van der Waals surface area contributed by atoms with E-state index >= 15 is 4.39 Å². The van der Waals surface area contributed by atoms with Gasteiger partial charge in [0.05, 0.1) is 11.1 Å². The normalized spacial score (nSPS) is 23.2. The van der Waals surface area contributed by atoms with Crippen molar-refractivity contribution in [1.29, 1.82) is 0 Å². The number of esters is 2. The third-order valence-electron chi connectivity index (χ3n) is 5.61. The summed E-state index contributed by atoms with van der Waals surface area (Å²) < 4.78 is 74.7. The van der Waals surface area contributed by atoms with Gasteiger partial charge in [0.1, 0.15) is 6.61 Å². The van der Waals surface area contributed by atoms with Gasteiger partial charge in [-0.2, -0.15) is 13.2 Å². The van der Waals surface area contributed by atoms with Crippen LogP contribution in [0.1, 0.15) is 34.6 Å². The summed E-state index contributed by atoms with van der Waals surface area (Å²) in [5, 5.41) is 0. The summed E-state index contributed by atoms with van der Waals surface area (Å²) in [6.45, 7) is 0.412. The average Bonchev–Trinajstić information content (AvgIpc) is 3.15. The van der Waals surface area contributed by atoms with Crippen LogP contribution in [0.15, 0.2) is 72.9 Å². The minimum absolute atomic E-state index is 0.0937. The van der Waals surface area contributed by atoms with Crippen molar-refractivity contribution >= 4 is 23.6 Å². The van der Waals surface area contributed by atoms with Crippen molar-refractivity contribution in [1.82, 2.24) is 4.90 Å². The molecular weight excluding hydrogens is 514 g/mol. The molecule has 3 rings (SSSR count). The lowest BCUT2D eigenvalue weighted by molar-refractivity contribution is -0.305. The molecular formula is C26H23F4NO7. The molecule has 12 heteroatoms. The zero-order valence-electron chi connectivity index (χ0n) is 20.2. The Labute approximate surface area is 214 Å². The molecule has 0 aromatic heterocycles. The van der Waals surface area contributed by atoms with Crippen LogP contribution in [-0.4, -0.2) is 65.4 Å². The third-order valence-corrected chi connectivity index (χ3v) is 5.61. The van der Waals surface area contributed by atoms with E-state index < -0.39 is 60.5 Å². The van der Waals surface area contributed by atoms with Gasteiger partial charge in [0.2, 0.25) is 11.5 Å². The van der Waals surface area contributed by atoms with E-state index in [1.807, 2.05) is 0 Å². The van der Waals surface area contributed by atoms with Gasteiger partial charge in [-0.25, -0.2) is 14.0 Å². The Morgan fingerprint density at radius 1 is 0.947 bits per heavy atom. The fourth-order valence-electron chi connectivity index (χ4n) is 3.69. The minimum atomic E-state index is -5.46. The molecule has 1 amide bonds. The van der Waals surface area contributed by atoms with E-state index in [2.05, 4.69) is 0 Å². The Morgan fingerprint density at radius 3 is 1.95 bits per heavy atom. The highest BCUT2D eigenvalue weighted by molar-refractivity contribution is 5.90. The number of alkyl halides is 4. The maximum absolute atomic E-state index is 15.8. The van der Waals surface area contributed by atoms with Crippen LogP contribution < -0.4 is 0 Å². The van der Waals surface area contributed by atoms with Gasteiger partial charge >= 0.3 is 18.1 Å². The molecule has 1 saturated heterocycles. The van der Waals surface area contributed by atoms with Crippen LogP contribution in [-0.2, 0) is 23.8 Å². The smallest absolute Gasteiger partial charge is 0.424 e. The molecule has 0 N–H and O–H groups in total. The lowest BCUT2D eigenvalue weighted by atomic mass is 9.95. The number of amides is 1. The van der Waals surface area contributed by atoms with Crippen molar-refractivity contribution in [3.8, 4) is 0 Å². The van der Waals surface area contributed by atoms with Gasteiger partial charge in [-0.15, -0.1) is 0 Å². The number of nitrogens with zero attached hydrogens (tertiary/aromatic N) is 1. The van der Waals surface area contributed by atoms with Gasteiger partial charge in [-0.05, 0) is 37.3 Å². The van der Waals surface area contributed by atoms with E-state index in [4.69, 9.17) is 14.2 Å². The molecule has 0 spiro atoms. The maximum atomic E-state index is 15.8. The molecule has 38 heavy (non-hydrogen) atoms. The highest BCUT2D eigenvalue weighted by Gasteiger charge is 2.73. The number of ketones is 1. The lowest BCUT2D eigenvalue weighted by Crippen LogP contribution is -2.59. The number of hydrogen-bond donors (Lipinski definition) is 0. The third kappa shape index (κ3) is 6.08. The molecule has 1 aliphatic heterocycles. The van der Waals surface area contributed by atoms with Gasteiger partial charge in [-0.1, -0.05) is 36.4 Å². The van der Waals surface area contributed by atoms with E-state index in [0.29, 0.717) is 4.90 Å². The number of ether oxygens (including phenoxy) is 3. The first kappa shape index (κ1) is 28.5. The standard InChI is InChI=1S/C26H23F4NO7/c1-16(32)13-14-31(17(2)33)22-20(27)21(37-24(35)19-11-7-4-8-12-19)25(38-22,26(28,29)30)15-36-23(34)18-9-5-3-6-10-18/h3-14,20-22H,15H2,1-2H3/b14-13-/t20-,21+,22-,25-/m1/s1. The molecule has 1 aliphatic rings. The van der Waals surface area contributed by atoms with Crippen molar-refractivity contribution in [3.05, 3.63) is 84.1 Å². The number of hydrogen-bond acceptors (Lipinski definition) is 7. The monoisotopic (exact) mass is 537 g/mol. The van der Waals surface area contributed by atoms with E-state index in [1.54, 1.807) is 12.1 Å². The molecule has 2 aromatic carbocycles. The van der Waals surface area contributed by atoms with Crippen molar-refractivity contribution in [2.24, 2.45) is 0 Å². The van der Waals surface area contributed by atoms with Gasteiger partial charge in [-0.3, -0.25) is 14.5 Å². The number of rotatable bonds is 8. The maximum Gasteiger partial charge on any atom is 0.424 e. The van der Waals surface area contributed by atoms with Crippen LogP contribution in [0, 0.1) is 0 Å². The molecule has 0 bridgehead atoms. The highest BCUT2D eigenvalue weighted by atomic mass is 19.4. The molecule has 0 unspecified atom stereocenters. The van der Waals surface area contributed by atoms with Gasteiger partial charge in [0.25, 0.3) is 0 Å². The average molecular weight is 537 g/mol. The predicted octanol–water partition coefficient (Wildman–Crippen LogP) is 4.02. The number of halogens is 4. The first-order valence-corrected chi connectivity index (χ1v) is 11.2. The second-order valence-corrected chi connectivity index (χ2v) is 8.33. The van der Waals surface area contributed by atoms with E-state index in [-0.39, 0.29) is 11.1 Å². The fourth-order valence-corrected chi connectivity index (χ4v) is 3.69. The van der Waals surface area contributed by atoms with Gasteiger partial charge in [0.15, 0.2) is 24.3 Å². The van der Waals surface area contributed by atoms with Gasteiger partial charge < -0.3 is 14.2 Å². The first-order chi connectivity index (χ1) is 17.9. The van der Waals surface area contributed by atoms with Crippen LogP contribution in [0.3, 0.4) is 0 Å². The van der Waals surface area contributed by atoms with E-state index in [0.717, 1.165) is 26.1 Å². The highest BCUT2D eigenvalue weighted by Crippen LogP contribution is 2.47. The van der Waals surface area contributed by atoms with Crippen LogP contribution in [0.2, 0.25) is 0 Å². The van der Waals surface area contributed by atoms with Crippen molar-refractivity contribution in [2.75, 3.05) is 6.61 Å². The van der Waals surface area contributed by atoms with Crippen LogP contribution in [0.5, 0.6) is 0 Å². The molecule has 1 fully saturated rings. The molecule has 0 saturated carbocycles. The van der Waals surface area contributed by atoms with E-state index in [1.165, 1.54) is 48.5 Å². The number of carbonyl (C=O) groups is 4. The van der Waals surface area contributed by atoms with Crippen molar-refractivity contribution < 1.29 is 51.0 Å². The molecule has 0 aliphatic carbocycles. The SMILES string of the molecule is CC(=O)/C=C\N(C(C)=O)[C@@H]1O[C@@](COC(=O)c2ccccc2)(C(F)(F)F)[C@@H](OC(=O)c2ccccc2)[C@H]1F. The van der Waals surface area contributed by atoms with Crippen molar-refractivity contribution in [3.63, 3.8) is 0 Å². The van der Waals surface area contributed by atoms with Crippen LogP contribution >= 0.6 is 0 Å². The molecule has 202 valence electrons. The summed E-state index contributed by atoms with van der Waals surface area (Å²) >= 11 is 0. The predicted molar refractivity (Wildman–Crippen MR) is 123 cm³/mol. The second kappa shape index (κ2) is 11.5. The Hall–Kier alpha value is -4.06. The Bertz CT molecular complexity index is 1200. The van der Waals surface area contributed by atoms with Crippen molar-refractivity contribution in [2.45, 2.75) is 44.1 Å². The summed E-state index contributed by atoms with van der Waals surface area (Å²) in [5.41, 5.74) is -3.98. The topological polar surface area (TPSA) is 99.2 Å². The summed E-state index contributed by atoms with van der Waals surface area (Å²) in [7, 11) is 0.